The SMILES string of the molecule is CC[C@@H]1O[C@H](C(F)(F)F)CN2c3ccc(-c4nnc(C(F)F)o4)cc3CC3(C(=O)NC(=O)NC3=O)[C@@H]12. The van der Waals surface area contributed by atoms with E-state index in [0.29, 0.717) is 0 Å². The summed E-state index contributed by atoms with van der Waals surface area (Å²) in [5, 5.41) is 10.9. The van der Waals surface area contributed by atoms with Crippen molar-refractivity contribution in [3.8, 4) is 11.5 Å². The van der Waals surface area contributed by atoms with Crippen molar-refractivity contribution >= 4 is 23.5 Å². The number of benzene rings is 1. The first-order valence-corrected chi connectivity index (χ1v) is 10.9. The molecule has 3 aliphatic rings. The van der Waals surface area contributed by atoms with E-state index in [1.54, 1.807) is 6.92 Å². The van der Waals surface area contributed by atoms with Crippen molar-refractivity contribution in [1.82, 2.24) is 20.8 Å². The molecule has 3 aliphatic heterocycles. The number of barbiturate groups is 1. The van der Waals surface area contributed by atoms with Crippen LogP contribution in [-0.4, -0.2) is 59.0 Å². The highest BCUT2D eigenvalue weighted by atomic mass is 19.4. The molecule has 5 rings (SSSR count). The van der Waals surface area contributed by atoms with Crippen LogP contribution in [0.4, 0.5) is 32.4 Å². The standard InChI is InChI=1S/C21H18F5N5O5/c1-2-11-13-20(17(32)27-19(34)28-18(20)33)6-9-5-8(15-29-30-16(36-15)14(22)23)3-4-10(9)31(13)7-12(35-11)21(24,25)26/h3-5,11-14H,2,6-7H2,1H3,(H2,27,28,32,33,34)/t11-,12-,13+/m0/s1. The van der Waals surface area contributed by atoms with Gasteiger partial charge in [-0.2, -0.15) is 22.0 Å². The summed E-state index contributed by atoms with van der Waals surface area (Å²) in [5.41, 5.74) is -1.32. The van der Waals surface area contributed by atoms with E-state index >= 15 is 0 Å². The van der Waals surface area contributed by atoms with E-state index in [0.717, 1.165) is 0 Å². The summed E-state index contributed by atoms with van der Waals surface area (Å²) < 4.78 is 77.3. The third-order valence-electron chi connectivity index (χ3n) is 6.66. The van der Waals surface area contributed by atoms with Crippen LogP contribution in [0.15, 0.2) is 22.6 Å². The van der Waals surface area contributed by atoms with E-state index in [9.17, 15) is 36.3 Å². The molecule has 0 unspecified atom stereocenters. The molecule has 0 aliphatic carbocycles. The highest BCUT2D eigenvalue weighted by Gasteiger charge is 2.65. The van der Waals surface area contributed by atoms with Crippen LogP contribution in [0.2, 0.25) is 0 Å². The zero-order chi connectivity index (χ0) is 26.0. The Morgan fingerprint density at radius 3 is 2.44 bits per heavy atom. The predicted octanol–water partition coefficient (Wildman–Crippen LogP) is 2.50. The van der Waals surface area contributed by atoms with Gasteiger partial charge >= 0.3 is 18.6 Å². The van der Waals surface area contributed by atoms with E-state index in [2.05, 4.69) is 10.2 Å². The number of imide groups is 2. The number of ether oxygens (including phenoxy) is 1. The first-order valence-electron chi connectivity index (χ1n) is 10.9. The number of alkyl halides is 5. The number of hydrogen-bond donors (Lipinski definition) is 2. The van der Waals surface area contributed by atoms with Gasteiger partial charge in [0.15, 0.2) is 11.5 Å². The summed E-state index contributed by atoms with van der Waals surface area (Å²) in [7, 11) is 0. The van der Waals surface area contributed by atoms with Crippen molar-refractivity contribution in [2.75, 3.05) is 11.4 Å². The molecule has 1 spiro atoms. The highest BCUT2D eigenvalue weighted by molar-refractivity contribution is 6.20. The monoisotopic (exact) mass is 515 g/mol. The summed E-state index contributed by atoms with van der Waals surface area (Å²) >= 11 is 0. The third-order valence-corrected chi connectivity index (χ3v) is 6.66. The number of carbonyl (C=O) groups is 3. The second kappa shape index (κ2) is 8.21. The molecule has 0 saturated carbocycles. The van der Waals surface area contributed by atoms with Crippen LogP contribution in [0.25, 0.3) is 11.5 Å². The molecule has 15 heteroatoms. The Morgan fingerprint density at radius 2 is 1.86 bits per heavy atom. The van der Waals surface area contributed by atoms with Gasteiger partial charge in [0.25, 0.3) is 5.89 Å². The summed E-state index contributed by atoms with van der Waals surface area (Å²) in [4.78, 5) is 39.5. The van der Waals surface area contributed by atoms with Gasteiger partial charge in [-0.1, -0.05) is 6.92 Å². The molecule has 1 aromatic heterocycles. The normalized spacial score (nSPS) is 25.5. The molecule has 192 valence electrons. The number of nitrogens with one attached hydrogen (secondary N) is 2. The molecular formula is C21H18F5N5O5. The van der Waals surface area contributed by atoms with Gasteiger partial charge in [-0.25, -0.2) is 4.79 Å². The Labute approximate surface area is 199 Å². The largest absolute Gasteiger partial charge is 0.416 e. The first-order chi connectivity index (χ1) is 17.0. The number of urea groups is 1. The number of amides is 4. The maximum absolute atomic E-state index is 13.7. The Bertz CT molecular complexity index is 1230. The fourth-order valence-corrected chi connectivity index (χ4v) is 5.13. The quantitative estimate of drug-likeness (QED) is 0.472. The van der Waals surface area contributed by atoms with Crippen LogP contribution in [0, 0.1) is 5.41 Å². The molecule has 1 aromatic carbocycles. The lowest BCUT2D eigenvalue weighted by atomic mass is 9.66. The molecule has 4 heterocycles. The van der Waals surface area contributed by atoms with E-state index in [1.165, 1.54) is 23.1 Å². The molecule has 4 amide bonds. The number of nitrogens with zero attached hydrogens (tertiary/aromatic N) is 3. The molecule has 2 saturated heterocycles. The topological polar surface area (TPSA) is 127 Å². The van der Waals surface area contributed by atoms with Gasteiger partial charge in [0.1, 0.15) is 0 Å². The van der Waals surface area contributed by atoms with E-state index in [1.807, 2.05) is 10.6 Å². The fourth-order valence-electron chi connectivity index (χ4n) is 5.13. The van der Waals surface area contributed by atoms with Crippen molar-refractivity contribution in [2.24, 2.45) is 5.41 Å². The molecule has 3 atom stereocenters. The third kappa shape index (κ3) is 3.60. The number of anilines is 1. The van der Waals surface area contributed by atoms with Gasteiger partial charge in [0, 0.05) is 11.3 Å². The Hall–Kier alpha value is -3.62. The molecule has 2 fully saturated rings. The second-order valence-electron chi connectivity index (χ2n) is 8.69. The molecular weight excluding hydrogens is 497 g/mol. The average Bonchev–Trinajstić information content (AvgIpc) is 3.31. The molecule has 2 aromatic rings. The molecule has 0 radical (unpaired) electrons. The van der Waals surface area contributed by atoms with E-state index in [-0.39, 0.29) is 35.5 Å². The number of hydrogen-bond acceptors (Lipinski definition) is 8. The summed E-state index contributed by atoms with van der Waals surface area (Å²) in [5.74, 6) is -3.16. The summed E-state index contributed by atoms with van der Waals surface area (Å²) in [6.07, 6.45) is -11.4. The Morgan fingerprint density at radius 1 is 1.17 bits per heavy atom. The number of rotatable bonds is 3. The van der Waals surface area contributed by atoms with Crippen LogP contribution in [-0.2, 0) is 20.7 Å². The molecule has 36 heavy (non-hydrogen) atoms. The highest BCUT2D eigenvalue weighted by Crippen LogP contribution is 2.49. The lowest BCUT2D eigenvalue weighted by molar-refractivity contribution is -0.245. The van der Waals surface area contributed by atoms with Crippen LogP contribution >= 0.6 is 0 Å². The van der Waals surface area contributed by atoms with Crippen molar-refractivity contribution in [1.29, 1.82) is 0 Å². The molecule has 2 N–H and O–H groups in total. The van der Waals surface area contributed by atoms with Gasteiger partial charge in [0.2, 0.25) is 17.7 Å². The van der Waals surface area contributed by atoms with Gasteiger partial charge < -0.3 is 14.1 Å². The average molecular weight is 515 g/mol. The zero-order valence-corrected chi connectivity index (χ0v) is 18.4. The van der Waals surface area contributed by atoms with Crippen molar-refractivity contribution in [3.63, 3.8) is 0 Å². The first kappa shape index (κ1) is 24.1. The number of morpholine rings is 1. The van der Waals surface area contributed by atoms with Gasteiger partial charge in [-0.15, -0.1) is 10.2 Å². The predicted molar refractivity (Wildman–Crippen MR) is 109 cm³/mol. The van der Waals surface area contributed by atoms with E-state index in [4.69, 9.17) is 9.15 Å². The number of fused-ring (bicyclic) bond motifs is 4. The van der Waals surface area contributed by atoms with Crippen molar-refractivity contribution in [3.05, 3.63) is 29.7 Å². The van der Waals surface area contributed by atoms with Gasteiger partial charge in [0.05, 0.1) is 18.7 Å². The molecule has 0 bridgehead atoms. The number of aromatic nitrogens is 2. The Balaban J connectivity index is 1.66. The van der Waals surface area contributed by atoms with Crippen molar-refractivity contribution < 1.29 is 45.5 Å². The van der Waals surface area contributed by atoms with Crippen molar-refractivity contribution in [2.45, 2.75) is 50.6 Å². The lowest BCUT2D eigenvalue weighted by Crippen LogP contribution is -2.76. The van der Waals surface area contributed by atoms with Gasteiger partial charge in [-0.05, 0) is 36.6 Å². The maximum Gasteiger partial charge on any atom is 0.416 e. The van der Waals surface area contributed by atoms with Crippen LogP contribution < -0.4 is 15.5 Å². The minimum Gasteiger partial charge on any atom is -0.415 e. The summed E-state index contributed by atoms with van der Waals surface area (Å²) in [6.45, 7) is 0.844. The second-order valence-corrected chi connectivity index (χ2v) is 8.69. The molecule has 10 nitrogen and oxygen atoms in total. The maximum atomic E-state index is 13.7. The fraction of sp³-hybridized carbons (Fsp3) is 0.476. The minimum atomic E-state index is -4.73. The summed E-state index contributed by atoms with van der Waals surface area (Å²) in [6, 6.07) is 2.00. The van der Waals surface area contributed by atoms with Crippen LogP contribution in [0.5, 0.6) is 0 Å². The number of halogens is 5. The van der Waals surface area contributed by atoms with E-state index < -0.39 is 66.5 Å². The van der Waals surface area contributed by atoms with Gasteiger partial charge in [-0.3, -0.25) is 20.2 Å². The smallest absolute Gasteiger partial charge is 0.415 e. The van der Waals surface area contributed by atoms with Crippen LogP contribution in [0.3, 0.4) is 0 Å². The lowest BCUT2D eigenvalue weighted by Gasteiger charge is -2.56. The Kier molecular flexibility index (Phi) is 5.50. The van der Waals surface area contributed by atoms with Crippen LogP contribution in [0.1, 0.15) is 31.2 Å². The zero-order valence-electron chi connectivity index (χ0n) is 18.4. The number of carbonyl (C=O) groups excluding carboxylic acids is 3. The minimum absolute atomic E-state index is 0.0375.